The maximum absolute atomic E-state index is 9.22. The molecule has 122 valence electrons. The standard InChI is InChI=1S/C22H18N2O/c1-14-2-5-21-16(10-14)6-8-22(25-21)9-7-20-18(12-22)17-11-15(13-23)3-4-19(17)24-20/h2-6,8,10-11,24H,7,9,12H2,1H3. The van der Waals surface area contributed by atoms with Crippen molar-refractivity contribution in [1.29, 1.82) is 5.26 Å². The van der Waals surface area contributed by atoms with Crippen LogP contribution in [-0.4, -0.2) is 10.6 Å². The van der Waals surface area contributed by atoms with Gasteiger partial charge in [0.05, 0.1) is 11.6 Å². The van der Waals surface area contributed by atoms with Crippen molar-refractivity contribution in [3.05, 3.63) is 70.4 Å². The fourth-order valence-electron chi connectivity index (χ4n) is 4.13. The number of aryl methyl sites for hydroxylation is 2. The number of aromatic nitrogens is 1. The normalized spacial score (nSPS) is 20.8. The summed E-state index contributed by atoms with van der Waals surface area (Å²) >= 11 is 0. The van der Waals surface area contributed by atoms with Crippen molar-refractivity contribution >= 4 is 17.0 Å². The molecule has 25 heavy (non-hydrogen) atoms. The van der Waals surface area contributed by atoms with Crippen LogP contribution in [-0.2, 0) is 12.8 Å². The van der Waals surface area contributed by atoms with Crippen LogP contribution in [0.1, 0.15) is 34.4 Å². The zero-order chi connectivity index (χ0) is 17.0. The van der Waals surface area contributed by atoms with Gasteiger partial charge in [-0.3, -0.25) is 0 Å². The quantitative estimate of drug-likeness (QED) is 0.652. The molecule has 3 aromatic rings. The molecule has 2 heterocycles. The molecule has 3 nitrogen and oxygen atoms in total. The Balaban J connectivity index is 1.58. The number of fused-ring (bicyclic) bond motifs is 4. The van der Waals surface area contributed by atoms with Gasteiger partial charge in [0.2, 0.25) is 0 Å². The molecule has 1 aliphatic heterocycles. The molecule has 1 spiro atoms. The molecule has 0 radical (unpaired) electrons. The molecule has 1 aliphatic carbocycles. The van der Waals surface area contributed by atoms with E-state index in [4.69, 9.17) is 4.74 Å². The summed E-state index contributed by atoms with van der Waals surface area (Å²) in [5.74, 6) is 0.967. The second kappa shape index (κ2) is 5.00. The predicted octanol–water partition coefficient (Wildman–Crippen LogP) is 4.68. The predicted molar refractivity (Wildman–Crippen MR) is 98.6 cm³/mol. The Morgan fingerprint density at radius 3 is 3.00 bits per heavy atom. The topological polar surface area (TPSA) is 48.8 Å². The molecular weight excluding hydrogens is 308 g/mol. The number of nitriles is 1. The smallest absolute Gasteiger partial charge is 0.132 e. The number of nitrogens with one attached hydrogen (secondary N) is 1. The van der Waals surface area contributed by atoms with Crippen LogP contribution >= 0.6 is 0 Å². The van der Waals surface area contributed by atoms with Gasteiger partial charge in [0.25, 0.3) is 0 Å². The first kappa shape index (κ1) is 14.4. The Kier molecular flexibility index (Phi) is 2.87. The molecule has 1 N–H and O–H groups in total. The van der Waals surface area contributed by atoms with E-state index in [9.17, 15) is 5.26 Å². The highest BCUT2D eigenvalue weighted by Crippen LogP contribution is 2.41. The molecule has 0 amide bonds. The highest BCUT2D eigenvalue weighted by Gasteiger charge is 2.38. The van der Waals surface area contributed by atoms with Gasteiger partial charge >= 0.3 is 0 Å². The van der Waals surface area contributed by atoms with Gasteiger partial charge in [-0.05, 0) is 61.7 Å². The molecule has 5 rings (SSSR count). The molecule has 0 fully saturated rings. The van der Waals surface area contributed by atoms with E-state index in [1.165, 1.54) is 16.8 Å². The first-order valence-electron chi connectivity index (χ1n) is 8.68. The molecule has 0 bridgehead atoms. The van der Waals surface area contributed by atoms with E-state index in [1.807, 2.05) is 18.2 Å². The van der Waals surface area contributed by atoms with E-state index in [-0.39, 0.29) is 5.60 Å². The lowest BCUT2D eigenvalue weighted by Crippen LogP contribution is -2.41. The second-order valence-electron chi connectivity index (χ2n) is 7.17. The van der Waals surface area contributed by atoms with Crippen molar-refractivity contribution in [2.45, 2.75) is 31.8 Å². The molecule has 0 saturated heterocycles. The monoisotopic (exact) mass is 326 g/mol. The number of ether oxygens (including phenoxy) is 1. The molecule has 2 aliphatic rings. The lowest BCUT2D eigenvalue weighted by Gasteiger charge is -2.38. The van der Waals surface area contributed by atoms with Crippen molar-refractivity contribution in [3.8, 4) is 11.8 Å². The van der Waals surface area contributed by atoms with Crippen molar-refractivity contribution in [2.24, 2.45) is 0 Å². The number of nitrogens with zero attached hydrogens (tertiary/aromatic N) is 1. The number of hydrogen-bond acceptors (Lipinski definition) is 2. The summed E-state index contributed by atoms with van der Waals surface area (Å²) in [5, 5.41) is 10.4. The van der Waals surface area contributed by atoms with Gasteiger partial charge in [-0.2, -0.15) is 5.26 Å². The summed E-state index contributed by atoms with van der Waals surface area (Å²) in [6.07, 6.45) is 7.18. The van der Waals surface area contributed by atoms with Crippen LogP contribution in [0, 0.1) is 18.3 Å². The van der Waals surface area contributed by atoms with Crippen molar-refractivity contribution < 1.29 is 4.74 Å². The SMILES string of the molecule is Cc1ccc2c(c1)C=CC1(CCc3[nH]c4ccc(C#N)cc4c3C1)O2. The molecule has 1 unspecified atom stereocenters. The maximum atomic E-state index is 9.22. The third-order valence-electron chi connectivity index (χ3n) is 5.44. The van der Waals surface area contributed by atoms with Gasteiger partial charge < -0.3 is 9.72 Å². The lowest BCUT2D eigenvalue weighted by atomic mass is 9.80. The molecule has 0 saturated carbocycles. The Bertz CT molecular complexity index is 1080. The van der Waals surface area contributed by atoms with Gasteiger partial charge in [-0.1, -0.05) is 17.7 Å². The lowest BCUT2D eigenvalue weighted by molar-refractivity contribution is 0.101. The first-order valence-corrected chi connectivity index (χ1v) is 8.68. The van der Waals surface area contributed by atoms with Crippen molar-refractivity contribution in [2.75, 3.05) is 0 Å². The molecule has 3 heteroatoms. The number of rotatable bonds is 0. The van der Waals surface area contributed by atoms with E-state index in [0.717, 1.165) is 41.5 Å². The van der Waals surface area contributed by atoms with E-state index in [0.29, 0.717) is 5.56 Å². The molecular formula is C22H18N2O. The molecule has 1 atom stereocenters. The maximum Gasteiger partial charge on any atom is 0.132 e. The average Bonchev–Trinajstić information content (AvgIpc) is 2.99. The van der Waals surface area contributed by atoms with Crippen molar-refractivity contribution in [1.82, 2.24) is 4.98 Å². The Hall–Kier alpha value is -2.99. The Morgan fingerprint density at radius 2 is 2.12 bits per heavy atom. The minimum absolute atomic E-state index is 0.285. The van der Waals surface area contributed by atoms with Crippen molar-refractivity contribution in [3.63, 3.8) is 0 Å². The summed E-state index contributed by atoms with van der Waals surface area (Å²) in [6, 6.07) is 14.5. The minimum atomic E-state index is -0.285. The van der Waals surface area contributed by atoms with Gasteiger partial charge in [-0.25, -0.2) is 0 Å². The minimum Gasteiger partial charge on any atom is -0.482 e. The zero-order valence-electron chi connectivity index (χ0n) is 14.1. The van der Waals surface area contributed by atoms with Crippen LogP contribution in [0.2, 0.25) is 0 Å². The van der Waals surface area contributed by atoms with E-state index < -0.39 is 0 Å². The van der Waals surface area contributed by atoms with Gasteiger partial charge in [0, 0.05) is 28.6 Å². The fourth-order valence-corrected chi connectivity index (χ4v) is 4.13. The first-order chi connectivity index (χ1) is 12.2. The van der Waals surface area contributed by atoms with Gasteiger partial charge in [0.15, 0.2) is 0 Å². The summed E-state index contributed by atoms with van der Waals surface area (Å²) in [5.41, 5.74) is 6.50. The molecule has 2 aromatic carbocycles. The van der Waals surface area contributed by atoms with Gasteiger partial charge in [0.1, 0.15) is 11.4 Å². The summed E-state index contributed by atoms with van der Waals surface area (Å²) in [7, 11) is 0. The van der Waals surface area contributed by atoms with E-state index in [2.05, 4.69) is 48.3 Å². The third-order valence-corrected chi connectivity index (χ3v) is 5.44. The fraction of sp³-hybridized carbons (Fsp3) is 0.227. The van der Waals surface area contributed by atoms with E-state index >= 15 is 0 Å². The number of aromatic amines is 1. The largest absolute Gasteiger partial charge is 0.482 e. The van der Waals surface area contributed by atoms with Crippen LogP contribution in [0.25, 0.3) is 17.0 Å². The summed E-state index contributed by atoms with van der Waals surface area (Å²) in [4.78, 5) is 3.53. The van der Waals surface area contributed by atoms with Gasteiger partial charge in [-0.15, -0.1) is 0 Å². The summed E-state index contributed by atoms with van der Waals surface area (Å²) < 4.78 is 6.48. The number of H-pyrrole nitrogens is 1. The van der Waals surface area contributed by atoms with Crippen LogP contribution in [0.4, 0.5) is 0 Å². The molecule has 1 aromatic heterocycles. The highest BCUT2D eigenvalue weighted by molar-refractivity contribution is 5.86. The number of benzene rings is 2. The second-order valence-corrected chi connectivity index (χ2v) is 7.17. The highest BCUT2D eigenvalue weighted by atomic mass is 16.5. The van der Waals surface area contributed by atoms with Crippen LogP contribution in [0.15, 0.2) is 42.5 Å². The van der Waals surface area contributed by atoms with E-state index in [1.54, 1.807) is 0 Å². The van der Waals surface area contributed by atoms with Crippen LogP contribution in [0.3, 0.4) is 0 Å². The Labute approximate surface area is 146 Å². The summed E-state index contributed by atoms with van der Waals surface area (Å²) in [6.45, 7) is 2.10. The zero-order valence-corrected chi connectivity index (χ0v) is 14.1. The average molecular weight is 326 g/mol. The van der Waals surface area contributed by atoms with Crippen LogP contribution in [0.5, 0.6) is 5.75 Å². The third kappa shape index (κ3) is 2.18. The number of hydrogen-bond donors (Lipinski definition) is 1. The van der Waals surface area contributed by atoms with Crippen LogP contribution < -0.4 is 4.74 Å². The Morgan fingerprint density at radius 1 is 1.20 bits per heavy atom.